The molecule has 0 radical (unpaired) electrons. The van der Waals surface area contributed by atoms with E-state index >= 15 is 0 Å². The first kappa shape index (κ1) is 16.9. The highest BCUT2D eigenvalue weighted by Gasteiger charge is 2.16. The van der Waals surface area contributed by atoms with Gasteiger partial charge in [0.1, 0.15) is 11.9 Å². The fourth-order valence-electron chi connectivity index (χ4n) is 2.16. The van der Waals surface area contributed by atoms with Crippen LogP contribution in [0.25, 0.3) is 11.2 Å². The Morgan fingerprint density at radius 2 is 2.09 bits per heavy atom. The number of hydrogen-bond acceptors (Lipinski definition) is 6. The second kappa shape index (κ2) is 7.66. The largest absolute Gasteiger partial charge is 0.460 e. The molecule has 0 saturated heterocycles. The summed E-state index contributed by atoms with van der Waals surface area (Å²) >= 11 is 0. The number of H-pyrrole nitrogens is 1. The molecule has 8 nitrogen and oxygen atoms in total. The maximum atomic E-state index is 11.8. The molecule has 2 aromatic heterocycles. The van der Waals surface area contributed by atoms with Gasteiger partial charge in [-0.1, -0.05) is 13.8 Å². The third-order valence-electron chi connectivity index (χ3n) is 3.56. The van der Waals surface area contributed by atoms with E-state index in [0.717, 1.165) is 0 Å². The van der Waals surface area contributed by atoms with Crippen LogP contribution < -0.4 is 5.56 Å². The molecule has 0 saturated carbocycles. The van der Waals surface area contributed by atoms with Crippen LogP contribution in [0.3, 0.4) is 0 Å². The van der Waals surface area contributed by atoms with E-state index in [1.165, 1.54) is 12.7 Å². The first-order chi connectivity index (χ1) is 11.0. The van der Waals surface area contributed by atoms with Gasteiger partial charge < -0.3 is 14.3 Å². The number of ether oxygens (including phenoxy) is 1. The molecule has 1 atom stereocenters. The summed E-state index contributed by atoms with van der Waals surface area (Å²) in [5, 5.41) is 0. The quantitative estimate of drug-likeness (QED) is 0.732. The number of nitrogens with one attached hydrogen (secondary N) is 1. The minimum atomic E-state index is -0.395. The van der Waals surface area contributed by atoms with Crippen LogP contribution in [0.1, 0.15) is 39.5 Å². The number of rotatable bonds is 8. The lowest BCUT2D eigenvalue weighted by Crippen LogP contribution is -2.23. The Bertz CT molecular complexity index is 749. The highest BCUT2D eigenvalue weighted by molar-refractivity contribution is 5.82. The minimum Gasteiger partial charge on any atom is -0.460 e. The average Bonchev–Trinajstić information content (AvgIpc) is 2.96. The Labute approximate surface area is 132 Å². The summed E-state index contributed by atoms with van der Waals surface area (Å²) in [6.45, 7) is 4.02. The molecule has 0 fully saturated rings. The molecule has 0 aliphatic rings. The Morgan fingerprint density at radius 1 is 1.30 bits per heavy atom. The van der Waals surface area contributed by atoms with Gasteiger partial charge in [-0.3, -0.25) is 14.4 Å². The standard InChI is InChI=1S/C15H20N4O4/c1-3-10(20)5-6-12(21)23-11(4-2)7-19-9-18-13-14(19)16-8-17-15(13)22/h8-9,11H,3-7H2,1-2H3,(H,16,17,22)/t11-/m1/s1. The zero-order valence-corrected chi connectivity index (χ0v) is 13.2. The molecule has 0 aliphatic carbocycles. The van der Waals surface area contributed by atoms with Gasteiger partial charge >= 0.3 is 5.97 Å². The summed E-state index contributed by atoms with van der Waals surface area (Å²) in [7, 11) is 0. The summed E-state index contributed by atoms with van der Waals surface area (Å²) in [5.74, 6) is -0.354. The van der Waals surface area contributed by atoms with Gasteiger partial charge in [-0.05, 0) is 6.42 Å². The molecular formula is C15H20N4O4. The lowest BCUT2D eigenvalue weighted by molar-refractivity contribution is -0.150. The number of nitrogens with zero attached hydrogens (tertiary/aromatic N) is 3. The van der Waals surface area contributed by atoms with Crippen molar-refractivity contribution in [3.63, 3.8) is 0 Å². The van der Waals surface area contributed by atoms with Crippen molar-refractivity contribution in [3.8, 4) is 0 Å². The highest BCUT2D eigenvalue weighted by Crippen LogP contribution is 2.10. The summed E-state index contributed by atoms with van der Waals surface area (Å²) in [6, 6.07) is 0. The Balaban J connectivity index is 2.01. The van der Waals surface area contributed by atoms with Gasteiger partial charge in [0.25, 0.3) is 5.56 Å². The molecule has 0 unspecified atom stereocenters. The molecule has 0 aromatic carbocycles. The van der Waals surface area contributed by atoms with E-state index in [1.54, 1.807) is 11.5 Å². The Hall–Kier alpha value is -2.51. The van der Waals surface area contributed by atoms with Crippen molar-refractivity contribution in [2.45, 2.75) is 52.2 Å². The average molecular weight is 320 g/mol. The van der Waals surface area contributed by atoms with Gasteiger partial charge in [0.2, 0.25) is 0 Å². The first-order valence-electron chi connectivity index (χ1n) is 7.64. The molecule has 124 valence electrons. The normalized spacial score (nSPS) is 12.3. The van der Waals surface area contributed by atoms with Crippen LogP contribution in [0.15, 0.2) is 17.4 Å². The first-order valence-corrected chi connectivity index (χ1v) is 7.64. The van der Waals surface area contributed by atoms with Gasteiger partial charge in [-0.2, -0.15) is 0 Å². The monoisotopic (exact) mass is 320 g/mol. The number of Topliss-reactive ketones (excluding diaryl/α,β-unsaturated/α-hetero) is 1. The van der Waals surface area contributed by atoms with Crippen LogP contribution in [-0.4, -0.2) is 37.4 Å². The molecule has 8 heteroatoms. The zero-order valence-electron chi connectivity index (χ0n) is 13.2. The minimum absolute atomic E-state index is 0.0408. The number of fused-ring (bicyclic) bond motifs is 1. The van der Waals surface area contributed by atoms with Crippen LogP contribution in [0.2, 0.25) is 0 Å². The van der Waals surface area contributed by atoms with E-state index in [2.05, 4.69) is 15.0 Å². The molecular weight excluding hydrogens is 300 g/mol. The van der Waals surface area contributed by atoms with Crippen molar-refractivity contribution >= 4 is 22.9 Å². The maximum Gasteiger partial charge on any atom is 0.306 e. The molecule has 1 N–H and O–H groups in total. The molecule has 23 heavy (non-hydrogen) atoms. The smallest absolute Gasteiger partial charge is 0.306 e. The number of esters is 1. The molecule has 2 rings (SSSR count). The van der Waals surface area contributed by atoms with Gasteiger partial charge in [-0.15, -0.1) is 0 Å². The number of hydrogen-bond donors (Lipinski definition) is 1. The third kappa shape index (κ3) is 4.24. The van der Waals surface area contributed by atoms with E-state index in [9.17, 15) is 14.4 Å². The molecule has 0 amide bonds. The lowest BCUT2D eigenvalue weighted by atomic mass is 10.2. The van der Waals surface area contributed by atoms with Crippen LogP contribution in [0, 0.1) is 0 Å². The molecule has 2 heterocycles. The predicted octanol–water partition coefficient (Wildman–Crippen LogP) is 1.20. The van der Waals surface area contributed by atoms with Crippen LogP contribution >= 0.6 is 0 Å². The third-order valence-corrected chi connectivity index (χ3v) is 3.56. The van der Waals surface area contributed by atoms with Crippen molar-refractivity contribution in [1.82, 2.24) is 19.5 Å². The number of carbonyl (C=O) groups is 2. The number of imidazole rings is 1. The summed E-state index contributed by atoms with van der Waals surface area (Å²) in [5.41, 5.74) is 0.392. The fraction of sp³-hybridized carbons (Fsp3) is 0.533. The van der Waals surface area contributed by atoms with Crippen LogP contribution in [0.5, 0.6) is 0 Å². The van der Waals surface area contributed by atoms with Crippen molar-refractivity contribution in [3.05, 3.63) is 23.0 Å². The SMILES string of the molecule is CCC(=O)CCC(=O)O[C@H](CC)Cn1cnc2c(=O)[nH]cnc21. The Kier molecular flexibility index (Phi) is 5.61. The van der Waals surface area contributed by atoms with Crippen molar-refractivity contribution in [2.75, 3.05) is 0 Å². The van der Waals surface area contributed by atoms with Gasteiger partial charge in [0.15, 0.2) is 11.2 Å². The number of aromatic amines is 1. The van der Waals surface area contributed by atoms with Gasteiger partial charge in [0.05, 0.1) is 25.6 Å². The van der Waals surface area contributed by atoms with Crippen LogP contribution in [0.4, 0.5) is 0 Å². The number of aromatic nitrogens is 4. The van der Waals surface area contributed by atoms with E-state index in [1.807, 2.05) is 6.92 Å². The van der Waals surface area contributed by atoms with E-state index < -0.39 is 5.97 Å². The fourth-order valence-corrected chi connectivity index (χ4v) is 2.16. The summed E-state index contributed by atoms with van der Waals surface area (Å²) in [4.78, 5) is 45.3. The van der Waals surface area contributed by atoms with Crippen LogP contribution in [-0.2, 0) is 20.9 Å². The van der Waals surface area contributed by atoms with E-state index in [-0.39, 0.29) is 35.8 Å². The topological polar surface area (TPSA) is 107 Å². The molecule has 0 aliphatic heterocycles. The zero-order chi connectivity index (χ0) is 16.8. The van der Waals surface area contributed by atoms with Crippen molar-refractivity contribution in [2.24, 2.45) is 0 Å². The van der Waals surface area contributed by atoms with Crippen molar-refractivity contribution in [1.29, 1.82) is 0 Å². The molecule has 0 bridgehead atoms. The number of carbonyl (C=O) groups excluding carboxylic acids is 2. The highest BCUT2D eigenvalue weighted by atomic mass is 16.5. The number of ketones is 1. The van der Waals surface area contributed by atoms with Crippen molar-refractivity contribution < 1.29 is 14.3 Å². The molecule has 0 spiro atoms. The van der Waals surface area contributed by atoms with E-state index in [4.69, 9.17) is 4.74 Å². The van der Waals surface area contributed by atoms with Gasteiger partial charge in [-0.25, -0.2) is 9.97 Å². The molecule has 2 aromatic rings. The second-order valence-electron chi connectivity index (χ2n) is 5.21. The maximum absolute atomic E-state index is 11.8. The Morgan fingerprint density at radius 3 is 2.78 bits per heavy atom. The van der Waals surface area contributed by atoms with Gasteiger partial charge in [0, 0.05) is 12.8 Å². The lowest BCUT2D eigenvalue weighted by Gasteiger charge is -2.16. The summed E-state index contributed by atoms with van der Waals surface area (Å²) < 4.78 is 7.08. The van der Waals surface area contributed by atoms with E-state index in [0.29, 0.717) is 25.0 Å². The summed E-state index contributed by atoms with van der Waals surface area (Å²) in [6.07, 6.45) is 3.78. The predicted molar refractivity (Wildman–Crippen MR) is 82.9 cm³/mol. The second-order valence-corrected chi connectivity index (χ2v) is 5.21.